The number of nitrogens with zero attached hydrogens (tertiary/aromatic N) is 7. The van der Waals surface area contributed by atoms with Gasteiger partial charge in [0.2, 0.25) is 0 Å². The van der Waals surface area contributed by atoms with Crippen molar-refractivity contribution in [3.8, 4) is 79.6 Å². The van der Waals surface area contributed by atoms with Crippen molar-refractivity contribution in [3.05, 3.63) is 140 Å². The first kappa shape index (κ1) is 26.0. The van der Waals surface area contributed by atoms with Gasteiger partial charge in [-0.1, -0.05) is 109 Å². The minimum Gasteiger partial charge on any atom is -0.252 e. The number of aromatic nitrogens is 7. The number of hydrogen-bond donors (Lipinski definition) is 0. The molecule has 0 atom stereocenters. The lowest BCUT2D eigenvalue weighted by Crippen LogP contribution is -2.01. The summed E-state index contributed by atoms with van der Waals surface area (Å²) in [5, 5.41) is 1.96. The summed E-state index contributed by atoms with van der Waals surface area (Å²) in [5.41, 5.74) is 7.18. The molecule has 0 saturated heterocycles. The van der Waals surface area contributed by atoms with Crippen LogP contribution in [-0.2, 0) is 0 Å². The van der Waals surface area contributed by atoms with Crippen LogP contribution >= 0.6 is 0 Å². The molecule has 5 aromatic carbocycles. The third-order valence-corrected chi connectivity index (χ3v) is 8.12. The Morgan fingerprint density at radius 2 is 0.717 bits per heavy atom. The fourth-order valence-electron chi connectivity index (χ4n) is 5.76. The van der Waals surface area contributed by atoms with Crippen molar-refractivity contribution in [1.82, 2.24) is 34.9 Å². The van der Waals surface area contributed by atoms with Crippen LogP contribution in [0.2, 0.25) is 0 Å². The van der Waals surface area contributed by atoms with E-state index in [9.17, 15) is 0 Å². The van der Waals surface area contributed by atoms with Crippen molar-refractivity contribution in [3.63, 3.8) is 0 Å². The minimum absolute atomic E-state index is 0.502. The molecule has 7 heteroatoms. The maximum Gasteiger partial charge on any atom is 0.182 e. The van der Waals surface area contributed by atoms with E-state index in [0.29, 0.717) is 40.6 Å². The van der Waals surface area contributed by atoms with Crippen molar-refractivity contribution in [2.24, 2.45) is 0 Å². The van der Waals surface area contributed by atoms with Gasteiger partial charge in [0.05, 0.1) is 0 Å². The second-order valence-electron chi connectivity index (χ2n) is 11.1. The quantitative estimate of drug-likeness (QED) is 0.199. The van der Waals surface area contributed by atoms with Crippen molar-refractivity contribution in [1.29, 1.82) is 0 Å². The highest BCUT2D eigenvalue weighted by Crippen LogP contribution is 2.32. The Labute approximate surface area is 264 Å². The van der Waals surface area contributed by atoms with E-state index in [4.69, 9.17) is 34.9 Å². The molecule has 1 aliphatic heterocycles. The molecule has 0 N–H and O–H groups in total. The topological polar surface area (TPSA) is 90.2 Å². The summed E-state index contributed by atoms with van der Waals surface area (Å²) in [5.74, 6) is 3.48. The highest BCUT2D eigenvalue weighted by Gasteiger charge is 2.17. The lowest BCUT2D eigenvalue weighted by molar-refractivity contribution is 1.06. The highest BCUT2D eigenvalue weighted by molar-refractivity contribution is 5.88. The predicted octanol–water partition coefficient (Wildman–Crippen LogP) is 8.59. The van der Waals surface area contributed by atoms with Gasteiger partial charge in [-0.25, -0.2) is 29.9 Å². The maximum absolute atomic E-state index is 5.01. The van der Waals surface area contributed by atoms with E-state index in [2.05, 4.69) is 30.3 Å². The molecule has 9 rings (SSSR count). The summed E-state index contributed by atoms with van der Waals surface area (Å²) in [6.07, 6.45) is 1.86. The Morgan fingerprint density at radius 1 is 0.283 bits per heavy atom. The van der Waals surface area contributed by atoms with Crippen molar-refractivity contribution in [2.45, 2.75) is 0 Å². The normalized spacial score (nSPS) is 11.5. The second-order valence-corrected chi connectivity index (χ2v) is 11.1. The highest BCUT2D eigenvalue weighted by atomic mass is 15.1. The van der Waals surface area contributed by atoms with Gasteiger partial charge in [-0.05, 0) is 40.8 Å². The Hall–Kier alpha value is -6.47. The molecule has 3 aromatic heterocycles. The first-order valence-corrected chi connectivity index (χ1v) is 15.0. The summed E-state index contributed by atoms with van der Waals surface area (Å²) in [7, 11) is 0. The Kier molecular flexibility index (Phi) is 5.99. The molecule has 0 saturated carbocycles. The van der Waals surface area contributed by atoms with Crippen LogP contribution < -0.4 is 0 Å². The van der Waals surface area contributed by atoms with Gasteiger partial charge in [0, 0.05) is 39.4 Å². The van der Waals surface area contributed by atoms with Crippen LogP contribution in [0.3, 0.4) is 0 Å². The molecule has 0 fully saturated rings. The van der Waals surface area contributed by atoms with Crippen molar-refractivity contribution in [2.75, 3.05) is 0 Å². The van der Waals surface area contributed by atoms with Crippen LogP contribution in [0.1, 0.15) is 0 Å². The SMILES string of the molecule is c1ccc(-c2nc3nc(n2)-c2ccc4cnc(cc4c2)-c2nc(-c4ccccc4)nc(n2)-c2cccc(c2)-c2cccc-3c2)cc1. The average molecular weight is 590 g/mol. The molecule has 0 spiro atoms. The van der Waals surface area contributed by atoms with E-state index in [0.717, 1.165) is 49.7 Å². The molecule has 214 valence electrons. The fourth-order valence-corrected chi connectivity index (χ4v) is 5.76. The zero-order valence-electron chi connectivity index (χ0n) is 24.4. The summed E-state index contributed by atoms with van der Waals surface area (Å²) in [6, 6.07) is 44.7. The van der Waals surface area contributed by atoms with Crippen molar-refractivity contribution >= 4 is 10.8 Å². The molecule has 0 radical (unpaired) electrons. The smallest absolute Gasteiger partial charge is 0.182 e. The van der Waals surface area contributed by atoms with Crippen LogP contribution in [0.5, 0.6) is 0 Å². The fraction of sp³-hybridized carbons (Fsp3) is 0. The van der Waals surface area contributed by atoms with Gasteiger partial charge in [-0.3, -0.25) is 4.98 Å². The van der Waals surface area contributed by atoms with E-state index < -0.39 is 0 Å². The first-order chi connectivity index (χ1) is 22.7. The van der Waals surface area contributed by atoms with Crippen LogP contribution in [0.4, 0.5) is 0 Å². The average Bonchev–Trinajstić information content (AvgIpc) is 3.14. The van der Waals surface area contributed by atoms with Gasteiger partial charge >= 0.3 is 0 Å². The van der Waals surface area contributed by atoms with E-state index in [1.54, 1.807) is 0 Å². The van der Waals surface area contributed by atoms with Crippen LogP contribution in [0.15, 0.2) is 140 Å². The van der Waals surface area contributed by atoms with E-state index >= 15 is 0 Å². The second kappa shape index (κ2) is 10.6. The Bertz CT molecular complexity index is 2260. The third kappa shape index (κ3) is 4.67. The summed E-state index contributed by atoms with van der Waals surface area (Å²) >= 11 is 0. The molecule has 46 heavy (non-hydrogen) atoms. The Balaban J connectivity index is 1.34. The molecule has 7 nitrogen and oxygen atoms in total. The standard InChI is InChI=1S/C39H23N7/c1-3-9-24(10-4-1)34-41-36-28-15-7-13-26(19-28)27-14-8-16-29(20-27)37-43-35(25-11-5-2-6-12-25)45-39(46-37)33-22-32-21-30(38(42-34)44-36)17-18-31(32)23-40-33/h1-23H. The summed E-state index contributed by atoms with van der Waals surface area (Å²) in [6.45, 7) is 0. The molecule has 0 amide bonds. The minimum atomic E-state index is 0.502. The van der Waals surface area contributed by atoms with Gasteiger partial charge in [0.25, 0.3) is 0 Å². The monoisotopic (exact) mass is 589 g/mol. The molecule has 8 aromatic rings. The number of benzene rings is 5. The van der Waals surface area contributed by atoms with E-state index in [1.807, 2.05) is 109 Å². The zero-order chi connectivity index (χ0) is 30.5. The maximum atomic E-state index is 5.01. The van der Waals surface area contributed by atoms with Gasteiger partial charge in [0.15, 0.2) is 34.9 Å². The van der Waals surface area contributed by atoms with Crippen LogP contribution in [0.25, 0.3) is 90.4 Å². The first-order valence-electron chi connectivity index (χ1n) is 15.0. The van der Waals surface area contributed by atoms with Gasteiger partial charge in [0.1, 0.15) is 5.69 Å². The van der Waals surface area contributed by atoms with E-state index in [1.165, 1.54) is 0 Å². The number of hydrogen-bond acceptors (Lipinski definition) is 7. The number of fused-ring (bicyclic) bond motifs is 15. The van der Waals surface area contributed by atoms with E-state index in [-0.39, 0.29) is 0 Å². The van der Waals surface area contributed by atoms with Gasteiger partial charge in [-0.2, -0.15) is 0 Å². The lowest BCUT2D eigenvalue weighted by Gasteiger charge is -2.10. The van der Waals surface area contributed by atoms with Crippen LogP contribution in [-0.4, -0.2) is 34.9 Å². The molecule has 1 aliphatic rings. The van der Waals surface area contributed by atoms with Crippen LogP contribution in [0, 0.1) is 0 Å². The largest absolute Gasteiger partial charge is 0.252 e. The number of pyridine rings is 1. The van der Waals surface area contributed by atoms with Gasteiger partial charge in [-0.15, -0.1) is 0 Å². The number of rotatable bonds is 2. The van der Waals surface area contributed by atoms with Gasteiger partial charge < -0.3 is 0 Å². The predicted molar refractivity (Wildman–Crippen MR) is 180 cm³/mol. The molecule has 4 heterocycles. The Morgan fingerprint density at radius 3 is 1.26 bits per heavy atom. The lowest BCUT2D eigenvalue weighted by atomic mass is 10.0. The zero-order valence-corrected chi connectivity index (χ0v) is 24.4. The molecule has 0 aliphatic carbocycles. The molecule has 0 unspecified atom stereocenters. The third-order valence-electron chi connectivity index (χ3n) is 8.12. The molecule has 11 bridgehead atoms. The molecular weight excluding hydrogens is 566 g/mol. The summed E-state index contributed by atoms with van der Waals surface area (Å²) in [4.78, 5) is 34.5. The molecular formula is C39H23N7. The van der Waals surface area contributed by atoms with Crippen molar-refractivity contribution < 1.29 is 0 Å². The summed E-state index contributed by atoms with van der Waals surface area (Å²) < 4.78 is 0.